The number of hydrogen-bond acceptors (Lipinski definition) is 5. The number of piperidine rings is 2. The zero-order valence-corrected chi connectivity index (χ0v) is 20.4. The number of carbonyl (C=O) groups is 1. The molecule has 180 valence electrons. The number of anilines is 1. The number of aryl methyl sites for hydroxylation is 2. The van der Waals surface area contributed by atoms with Gasteiger partial charge >= 0.3 is 0 Å². The van der Waals surface area contributed by atoms with Gasteiger partial charge in [0.25, 0.3) is 5.91 Å². The molecule has 2 aliphatic heterocycles. The molecule has 7 nitrogen and oxygen atoms in total. The Balaban J connectivity index is 1.27. The van der Waals surface area contributed by atoms with E-state index in [1.165, 1.54) is 16.9 Å². The molecule has 0 unspecified atom stereocenters. The van der Waals surface area contributed by atoms with Gasteiger partial charge < -0.3 is 20.2 Å². The SMILES string of the molecule is CCn1nc(C)c(CNC2CCN(c3ccc(C(=O)N4CCC[C@@H](CO)C4)cc3)CC2)c1C. The Labute approximate surface area is 197 Å². The molecular formula is C26H39N5O2. The summed E-state index contributed by atoms with van der Waals surface area (Å²) < 4.78 is 2.08. The lowest BCUT2D eigenvalue weighted by atomic mass is 9.98. The van der Waals surface area contributed by atoms with E-state index >= 15 is 0 Å². The number of aromatic nitrogens is 2. The van der Waals surface area contributed by atoms with Gasteiger partial charge in [0.05, 0.1) is 5.69 Å². The van der Waals surface area contributed by atoms with Gasteiger partial charge in [-0.1, -0.05) is 0 Å². The third-order valence-electron chi connectivity index (χ3n) is 7.44. The summed E-state index contributed by atoms with van der Waals surface area (Å²) in [4.78, 5) is 17.2. The molecule has 1 atom stereocenters. The van der Waals surface area contributed by atoms with Crippen LogP contribution >= 0.6 is 0 Å². The molecule has 33 heavy (non-hydrogen) atoms. The number of likely N-dealkylation sites (tertiary alicyclic amines) is 1. The minimum absolute atomic E-state index is 0.0830. The fourth-order valence-electron chi connectivity index (χ4n) is 5.28. The second kappa shape index (κ2) is 10.7. The third-order valence-corrected chi connectivity index (χ3v) is 7.44. The van der Waals surface area contributed by atoms with Crippen molar-refractivity contribution in [2.45, 2.75) is 65.6 Å². The monoisotopic (exact) mass is 453 g/mol. The number of benzene rings is 1. The van der Waals surface area contributed by atoms with Gasteiger partial charge in [-0.2, -0.15) is 5.10 Å². The number of hydrogen-bond donors (Lipinski definition) is 2. The molecule has 1 aromatic heterocycles. The lowest BCUT2D eigenvalue weighted by Gasteiger charge is -2.34. The number of aliphatic hydroxyl groups excluding tert-OH is 1. The van der Waals surface area contributed by atoms with E-state index in [1.54, 1.807) is 0 Å². The van der Waals surface area contributed by atoms with Gasteiger partial charge in [-0.25, -0.2) is 0 Å². The molecule has 0 saturated carbocycles. The maximum Gasteiger partial charge on any atom is 0.253 e. The van der Waals surface area contributed by atoms with Crippen molar-refractivity contribution in [1.82, 2.24) is 20.0 Å². The quantitative estimate of drug-likeness (QED) is 0.674. The molecule has 0 aliphatic carbocycles. The highest BCUT2D eigenvalue weighted by Crippen LogP contribution is 2.23. The molecule has 3 heterocycles. The van der Waals surface area contributed by atoms with Gasteiger partial charge in [0.2, 0.25) is 0 Å². The molecule has 2 aliphatic rings. The van der Waals surface area contributed by atoms with Crippen molar-refractivity contribution >= 4 is 11.6 Å². The van der Waals surface area contributed by atoms with Crippen LogP contribution in [0.25, 0.3) is 0 Å². The molecular weight excluding hydrogens is 414 g/mol. The molecule has 0 spiro atoms. The average Bonchev–Trinajstić information content (AvgIpc) is 3.15. The Morgan fingerprint density at radius 1 is 1.12 bits per heavy atom. The van der Waals surface area contributed by atoms with Gasteiger partial charge in [-0.05, 0) is 76.6 Å². The number of amides is 1. The zero-order chi connectivity index (χ0) is 23.4. The maximum absolute atomic E-state index is 12.9. The van der Waals surface area contributed by atoms with Crippen LogP contribution in [0, 0.1) is 19.8 Å². The molecule has 2 saturated heterocycles. The zero-order valence-electron chi connectivity index (χ0n) is 20.4. The van der Waals surface area contributed by atoms with Crippen LogP contribution in [0.4, 0.5) is 5.69 Å². The fraction of sp³-hybridized carbons (Fsp3) is 0.615. The van der Waals surface area contributed by atoms with Crippen LogP contribution in [-0.2, 0) is 13.1 Å². The fourth-order valence-corrected chi connectivity index (χ4v) is 5.28. The van der Waals surface area contributed by atoms with Crippen molar-refractivity contribution in [2.24, 2.45) is 5.92 Å². The normalized spacial score (nSPS) is 19.8. The van der Waals surface area contributed by atoms with Crippen LogP contribution < -0.4 is 10.2 Å². The third kappa shape index (κ3) is 5.41. The van der Waals surface area contributed by atoms with Gasteiger partial charge in [-0.15, -0.1) is 0 Å². The Bertz CT molecular complexity index is 931. The summed E-state index contributed by atoms with van der Waals surface area (Å²) in [7, 11) is 0. The predicted molar refractivity (Wildman–Crippen MR) is 132 cm³/mol. The van der Waals surface area contributed by atoms with E-state index in [4.69, 9.17) is 0 Å². The van der Waals surface area contributed by atoms with Crippen LogP contribution in [0.3, 0.4) is 0 Å². The molecule has 1 amide bonds. The summed E-state index contributed by atoms with van der Waals surface area (Å²) in [6, 6.07) is 8.60. The number of rotatable bonds is 7. The first-order valence-electron chi connectivity index (χ1n) is 12.5. The first kappa shape index (κ1) is 23.8. The summed E-state index contributed by atoms with van der Waals surface area (Å²) in [6.45, 7) is 11.8. The molecule has 2 fully saturated rings. The summed E-state index contributed by atoms with van der Waals surface area (Å²) >= 11 is 0. The molecule has 0 bridgehead atoms. The number of carbonyl (C=O) groups excluding carboxylic acids is 1. The topological polar surface area (TPSA) is 73.6 Å². The Kier molecular flexibility index (Phi) is 7.71. The van der Waals surface area contributed by atoms with Crippen molar-refractivity contribution in [3.8, 4) is 0 Å². The Morgan fingerprint density at radius 2 is 1.85 bits per heavy atom. The first-order valence-corrected chi connectivity index (χ1v) is 12.5. The van der Waals surface area contributed by atoms with Crippen LogP contribution in [0.1, 0.15) is 59.9 Å². The molecule has 1 aromatic carbocycles. The van der Waals surface area contributed by atoms with E-state index in [-0.39, 0.29) is 18.4 Å². The highest BCUT2D eigenvalue weighted by Gasteiger charge is 2.25. The van der Waals surface area contributed by atoms with Crippen molar-refractivity contribution in [3.05, 3.63) is 46.8 Å². The Morgan fingerprint density at radius 3 is 2.48 bits per heavy atom. The Hall–Kier alpha value is -2.38. The van der Waals surface area contributed by atoms with Crippen molar-refractivity contribution in [3.63, 3.8) is 0 Å². The second-order valence-corrected chi connectivity index (χ2v) is 9.60. The minimum Gasteiger partial charge on any atom is -0.396 e. The van der Waals surface area contributed by atoms with Crippen molar-refractivity contribution in [1.29, 1.82) is 0 Å². The van der Waals surface area contributed by atoms with E-state index in [0.717, 1.165) is 69.7 Å². The molecule has 2 aromatic rings. The van der Waals surface area contributed by atoms with E-state index in [0.29, 0.717) is 12.6 Å². The summed E-state index contributed by atoms with van der Waals surface area (Å²) in [6.07, 6.45) is 4.19. The van der Waals surface area contributed by atoms with Gasteiger partial charge in [-0.3, -0.25) is 9.48 Å². The minimum atomic E-state index is 0.0830. The number of nitrogens with zero attached hydrogens (tertiary/aromatic N) is 4. The lowest BCUT2D eigenvalue weighted by Crippen LogP contribution is -2.42. The molecule has 4 rings (SSSR count). The first-order chi connectivity index (χ1) is 16.0. The highest BCUT2D eigenvalue weighted by molar-refractivity contribution is 5.94. The van der Waals surface area contributed by atoms with Crippen molar-refractivity contribution < 1.29 is 9.90 Å². The second-order valence-electron chi connectivity index (χ2n) is 9.60. The smallest absolute Gasteiger partial charge is 0.253 e. The molecule has 2 N–H and O–H groups in total. The van der Waals surface area contributed by atoms with Gasteiger partial charge in [0.15, 0.2) is 0 Å². The summed E-state index contributed by atoms with van der Waals surface area (Å²) in [5.41, 5.74) is 5.66. The average molecular weight is 454 g/mol. The lowest BCUT2D eigenvalue weighted by molar-refractivity contribution is 0.0620. The van der Waals surface area contributed by atoms with Crippen LogP contribution in [-0.4, -0.2) is 64.5 Å². The maximum atomic E-state index is 12.9. The van der Waals surface area contributed by atoms with Crippen LogP contribution in [0.15, 0.2) is 24.3 Å². The summed E-state index contributed by atoms with van der Waals surface area (Å²) in [5, 5.41) is 17.8. The number of aliphatic hydroxyl groups is 1. The largest absolute Gasteiger partial charge is 0.396 e. The highest BCUT2D eigenvalue weighted by atomic mass is 16.3. The van der Waals surface area contributed by atoms with Gasteiger partial charge in [0.1, 0.15) is 0 Å². The van der Waals surface area contributed by atoms with E-state index < -0.39 is 0 Å². The predicted octanol–water partition coefficient (Wildman–Crippen LogP) is 3.12. The van der Waals surface area contributed by atoms with E-state index in [1.807, 2.05) is 17.0 Å². The van der Waals surface area contributed by atoms with Crippen molar-refractivity contribution in [2.75, 3.05) is 37.7 Å². The van der Waals surface area contributed by atoms with E-state index in [2.05, 4.69) is 52.9 Å². The van der Waals surface area contributed by atoms with Gasteiger partial charge in [0, 0.05) is 74.4 Å². The standard InChI is InChI=1S/C26H39N5O2/c1-4-31-20(3)25(19(2)28-31)16-27-23-11-14-29(15-12-23)24-9-7-22(8-10-24)26(33)30-13-5-6-21(17-30)18-32/h7-10,21,23,27,32H,4-6,11-18H2,1-3H3/t21-/m1/s1. The van der Waals surface area contributed by atoms with Crippen LogP contribution in [0.5, 0.6) is 0 Å². The summed E-state index contributed by atoms with van der Waals surface area (Å²) in [5.74, 6) is 0.298. The molecule has 7 heteroatoms. The van der Waals surface area contributed by atoms with Crippen LogP contribution in [0.2, 0.25) is 0 Å². The molecule has 0 radical (unpaired) electrons. The number of nitrogens with one attached hydrogen (secondary N) is 1. The van der Waals surface area contributed by atoms with E-state index in [9.17, 15) is 9.90 Å².